The molecule has 0 aliphatic carbocycles. The molecule has 0 radical (unpaired) electrons. The van der Waals surface area contributed by atoms with Crippen molar-refractivity contribution in [3.8, 4) is 0 Å². The Morgan fingerprint density at radius 1 is 1.19 bits per heavy atom. The van der Waals surface area contributed by atoms with Gasteiger partial charge in [0.15, 0.2) is 5.78 Å². The van der Waals surface area contributed by atoms with Gasteiger partial charge in [-0.3, -0.25) is 9.78 Å². The van der Waals surface area contributed by atoms with Gasteiger partial charge in [0.25, 0.3) is 0 Å². The normalized spacial score (nSPS) is 16.9. The fourth-order valence-electron chi connectivity index (χ4n) is 3.85. The predicted octanol–water partition coefficient (Wildman–Crippen LogP) is 4.30. The van der Waals surface area contributed by atoms with Crippen molar-refractivity contribution in [2.45, 2.75) is 32.9 Å². The number of hydrogen-bond acceptors (Lipinski definition) is 6. The summed E-state index contributed by atoms with van der Waals surface area (Å²) in [7, 11) is 0. The Bertz CT molecular complexity index is 1110. The van der Waals surface area contributed by atoms with E-state index in [9.17, 15) is 22.8 Å². The number of ketones is 1. The van der Waals surface area contributed by atoms with Gasteiger partial charge in [-0.15, -0.1) is 0 Å². The molecule has 0 fully saturated rings. The molecule has 0 bridgehead atoms. The Morgan fingerprint density at radius 3 is 2.47 bits per heavy atom. The van der Waals surface area contributed by atoms with Gasteiger partial charge in [-0.1, -0.05) is 12.1 Å². The number of pyridine rings is 1. The van der Waals surface area contributed by atoms with E-state index >= 15 is 0 Å². The number of rotatable bonds is 5. The average molecular weight is 445 g/mol. The fourth-order valence-corrected chi connectivity index (χ4v) is 3.85. The van der Waals surface area contributed by atoms with Crippen molar-refractivity contribution >= 4 is 17.4 Å². The van der Waals surface area contributed by atoms with Crippen LogP contribution in [0.3, 0.4) is 0 Å². The van der Waals surface area contributed by atoms with E-state index in [-0.39, 0.29) is 35.0 Å². The molecule has 0 spiro atoms. The lowest BCUT2D eigenvalue weighted by Gasteiger charge is -2.37. The molecule has 1 unspecified atom stereocenters. The summed E-state index contributed by atoms with van der Waals surface area (Å²) >= 11 is 0. The van der Waals surface area contributed by atoms with Crippen molar-refractivity contribution in [3.63, 3.8) is 0 Å². The summed E-state index contributed by atoms with van der Waals surface area (Å²) in [6.45, 7) is 4.58. The molecule has 1 aliphatic heterocycles. The molecular weight excluding hydrogens is 423 g/mol. The first-order valence-electron chi connectivity index (χ1n) is 9.83. The summed E-state index contributed by atoms with van der Waals surface area (Å²) in [4.78, 5) is 31.0. The highest BCUT2D eigenvalue weighted by molar-refractivity contribution is 6.03. The Kier molecular flexibility index (Phi) is 6.38. The van der Waals surface area contributed by atoms with Crippen molar-refractivity contribution in [2.24, 2.45) is 5.73 Å². The minimum Gasteiger partial charge on any atom is -0.463 e. The second-order valence-corrected chi connectivity index (χ2v) is 7.18. The van der Waals surface area contributed by atoms with Crippen LogP contribution in [0.1, 0.15) is 37.8 Å². The Hall–Kier alpha value is -3.62. The molecule has 2 heterocycles. The summed E-state index contributed by atoms with van der Waals surface area (Å²) in [6, 6.07) is 7.87. The van der Waals surface area contributed by atoms with Crippen LogP contribution in [0.5, 0.6) is 0 Å². The number of carbonyl (C=O) groups excluding carboxylic acids is 2. The highest BCUT2D eigenvalue weighted by Crippen LogP contribution is 2.43. The lowest BCUT2D eigenvalue weighted by Crippen LogP contribution is -2.38. The molecule has 1 aromatic carbocycles. The minimum absolute atomic E-state index is 0.0342. The monoisotopic (exact) mass is 445 g/mol. The lowest BCUT2D eigenvalue weighted by molar-refractivity contribution is -0.139. The summed E-state index contributed by atoms with van der Waals surface area (Å²) in [5.41, 5.74) is 6.60. The maximum absolute atomic E-state index is 13.3. The Labute approximate surface area is 183 Å². The van der Waals surface area contributed by atoms with E-state index in [0.29, 0.717) is 11.3 Å². The van der Waals surface area contributed by atoms with Crippen LogP contribution in [0.25, 0.3) is 0 Å². The molecular formula is C23H22F3N3O3. The van der Waals surface area contributed by atoms with Crippen molar-refractivity contribution in [1.29, 1.82) is 0 Å². The zero-order valence-corrected chi connectivity index (χ0v) is 17.7. The second-order valence-electron chi connectivity index (χ2n) is 7.18. The number of esters is 1. The lowest BCUT2D eigenvalue weighted by atomic mass is 9.79. The number of anilines is 1. The Balaban J connectivity index is 2.31. The van der Waals surface area contributed by atoms with Crippen LogP contribution in [0.4, 0.5) is 18.9 Å². The standard InChI is InChI=1S/C23H22F3N3O3/c1-4-32-22(31)20-19(15-7-6-10-28-12-15)18(14(3)30)13(2)29(21(20)27)17-9-5-8-16(11-17)23(24,25)26/h5-12,19H,4,27H2,1-3H3. The van der Waals surface area contributed by atoms with E-state index < -0.39 is 23.6 Å². The molecule has 32 heavy (non-hydrogen) atoms. The molecule has 2 N–H and O–H groups in total. The van der Waals surface area contributed by atoms with Crippen LogP contribution in [0, 0.1) is 0 Å². The van der Waals surface area contributed by atoms with Crippen molar-refractivity contribution in [1.82, 2.24) is 4.98 Å². The number of aromatic nitrogens is 1. The number of nitrogens with zero attached hydrogens (tertiary/aromatic N) is 2. The third kappa shape index (κ3) is 4.23. The van der Waals surface area contributed by atoms with Crippen LogP contribution in [-0.2, 0) is 20.5 Å². The molecule has 168 valence electrons. The van der Waals surface area contributed by atoms with Gasteiger partial charge in [0.2, 0.25) is 0 Å². The fraction of sp³-hybridized carbons (Fsp3) is 0.261. The van der Waals surface area contributed by atoms with Crippen molar-refractivity contribution in [3.05, 3.63) is 82.6 Å². The first-order chi connectivity index (χ1) is 15.1. The summed E-state index contributed by atoms with van der Waals surface area (Å²) in [6.07, 6.45) is -1.52. The van der Waals surface area contributed by atoms with E-state index in [0.717, 1.165) is 12.1 Å². The number of ether oxygens (including phenoxy) is 1. The van der Waals surface area contributed by atoms with E-state index in [2.05, 4.69) is 4.98 Å². The topological polar surface area (TPSA) is 85.5 Å². The SMILES string of the molecule is CCOC(=O)C1=C(N)N(c2cccc(C(F)(F)F)c2)C(C)=C(C(C)=O)C1c1cccnc1. The number of benzene rings is 1. The molecule has 1 atom stereocenters. The number of Topliss-reactive ketones (excluding diaryl/α,β-unsaturated/α-hetero) is 1. The molecule has 1 aliphatic rings. The average Bonchev–Trinajstić information content (AvgIpc) is 2.73. The highest BCUT2D eigenvalue weighted by Gasteiger charge is 2.40. The number of allylic oxidation sites excluding steroid dienone is 2. The first kappa shape index (κ1) is 23.1. The smallest absolute Gasteiger partial charge is 0.416 e. The zero-order valence-electron chi connectivity index (χ0n) is 17.7. The molecule has 2 aromatic rings. The third-order valence-corrected chi connectivity index (χ3v) is 5.14. The van der Waals surface area contributed by atoms with E-state index in [1.165, 1.54) is 30.2 Å². The van der Waals surface area contributed by atoms with Crippen molar-refractivity contribution in [2.75, 3.05) is 11.5 Å². The second kappa shape index (κ2) is 8.86. The molecule has 9 heteroatoms. The van der Waals surface area contributed by atoms with Gasteiger partial charge in [-0.2, -0.15) is 13.2 Å². The highest BCUT2D eigenvalue weighted by atomic mass is 19.4. The summed E-state index contributed by atoms with van der Waals surface area (Å²) in [5.74, 6) is -2.11. The maximum atomic E-state index is 13.3. The van der Waals surface area contributed by atoms with Gasteiger partial charge in [0, 0.05) is 29.4 Å². The summed E-state index contributed by atoms with van der Waals surface area (Å²) < 4.78 is 45.1. The van der Waals surface area contributed by atoms with Gasteiger partial charge >= 0.3 is 12.1 Å². The van der Waals surface area contributed by atoms with Gasteiger partial charge in [-0.25, -0.2) is 4.79 Å². The number of hydrogen-bond donors (Lipinski definition) is 1. The Morgan fingerprint density at radius 2 is 1.91 bits per heavy atom. The van der Waals surface area contributed by atoms with Gasteiger partial charge in [-0.05, 0) is 50.6 Å². The number of alkyl halides is 3. The first-order valence-corrected chi connectivity index (χ1v) is 9.83. The van der Waals surface area contributed by atoms with Crippen LogP contribution in [-0.4, -0.2) is 23.3 Å². The summed E-state index contributed by atoms with van der Waals surface area (Å²) in [5, 5.41) is 0. The van der Waals surface area contributed by atoms with Crippen molar-refractivity contribution < 1.29 is 27.5 Å². The molecule has 0 saturated heterocycles. The van der Waals surface area contributed by atoms with E-state index in [4.69, 9.17) is 10.5 Å². The number of halogens is 3. The molecule has 3 rings (SSSR count). The minimum atomic E-state index is -4.58. The van der Waals surface area contributed by atoms with Gasteiger partial charge < -0.3 is 15.4 Å². The quantitative estimate of drug-likeness (QED) is 0.691. The molecule has 0 saturated carbocycles. The van der Waals surface area contributed by atoms with Gasteiger partial charge in [0.05, 0.1) is 23.7 Å². The molecule has 1 aromatic heterocycles. The largest absolute Gasteiger partial charge is 0.463 e. The third-order valence-electron chi connectivity index (χ3n) is 5.14. The molecule has 6 nitrogen and oxygen atoms in total. The van der Waals surface area contributed by atoms with Crippen LogP contribution in [0.2, 0.25) is 0 Å². The van der Waals surface area contributed by atoms with Crippen LogP contribution >= 0.6 is 0 Å². The van der Waals surface area contributed by atoms with Gasteiger partial charge in [0.1, 0.15) is 5.82 Å². The van der Waals surface area contributed by atoms with E-state index in [1.54, 1.807) is 32.2 Å². The van der Waals surface area contributed by atoms with Crippen LogP contribution < -0.4 is 10.6 Å². The van der Waals surface area contributed by atoms with Crippen LogP contribution in [0.15, 0.2) is 71.5 Å². The maximum Gasteiger partial charge on any atom is 0.416 e. The number of nitrogens with two attached hydrogens (primary N) is 1. The molecule has 0 amide bonds. The zero-order chi connectivity index (χ0) is 23.6. The van der Waals surface area contributed by atoms with E-state index in [1.807, 2.05) is 0 Å². The predicted molar refractivity (Wildman–Crippen MR) is 112 cm³/mol. The number of carbonyl (C=O) groups is 2.